The molecule has 0 radical (unpaired) electrons. The van der Waals surface area contributed by atoms with Crippen molar-refractivity contribution >= 4 is 66.5 Å². The number of hydrogen-bond acceptors (Lipinski definition) is 13. The molecule has 316 valence electrons. The molecule has 2 aliphatic heterocycles. The van der Waals surface area contributed by atoms with Gasteiger partial charge in [-0.25, -0.2) is 19.2 Å². The molecular weight excluding hydrogens is 800 g/mol. The maximum atomic E-state index is 15.0. The van der Waals surface area contributed by atoms with Crippen LogP contribution in [0.3, 0.4) is 0 Å². The second-order valence-corrected chi connectivity index (χ2v) is 17.6. The van der Waals surface area contributed by atoms with Crippen molar-refractivity contribution in [1.29, 1.82) is 0 Å². The molecule has 0 spiro atoms. The Labute approximate surface area is 359 Å². The second-order valence-electron chi connectivity index (χ2n) is 15.5. The second kappa shape index (κ2) is 21.0. The average Bonchev–Trinajstić information content (AvgIpc) is 3.87. The van der Waals surface area contributed by atoms with E-state index in [0.717, 1.165) is 84.9 Å². The fourth-order valence-electron chi connectivity index (χ4n) is 7.65. The molecule has 5 heterocycles. The predicted molar refractivity (Wildman–Crippen MR) is 237 cm³/mol. The Morgan fingerprint density at radius 2 is 1.72 bits per heavy atom. The molecular formula is C45H53FN8O4S2. The number of thiazole rings is 2. The zero-order valence-corrected chi connectivity index (χ0v) is 36.1. The monoisotopic (exact) mass is 852 g/mol. The van der Waals surface area contributed by atoms with Gasteiger partial charge in [0.2, 0.25) is 0 Å². The van der Waals surface area contributed by atoms with Gasteiger partial charge in [-0.05, 0) is 89.2 Å². The molecule has 0 bridgehead atoms. The van der Waals surface area contributed by atoms with Gasteiger partial charge in [0.05, 0.1) is 23.4 Å². The van der Waals surface area contributed by atoms with E-state index < -0.39 is 11.8 Å². The normalized spacial score (nSPS) is 14.5. The number of aromatic nitrogens is 4. The number of ether oxygens (including phenoxy) is 1. The lowest BCUT2D eigenvalue weighted by Gasteiger charge is -2.33. The summed E-state index contributed by atoms with van der Waals surface area (Å²) in [5.74, 6) is 6.51. The van der Waals surface area contributed by atoms with Crippen LogP contribution in [0, 0.1) is 24.6 Å². The summed E-state index contributed by atoms with van der Waals surface area (Å²) >= 11 is 2.89. The van der Waals surface area contributed by atoms with Crippen LogP contribution in [-0.2, 0) is 17.6 Å². The summed E-state index contributed by atoms with van der Waals surface area (Å²) in [6.45, 7) is 10.3. The maximum Gasteiger partial charge on any atom is 0.355 e. The summed E-state index contributed by atoms with van der Waals surface area (Å²) in [6.07, 6.45) is 10.4. The highest BCUT2D eigenvalue weighted by Gasteiger charge is 2.28. The van der Waals surface area contributed by atoms with E-state index in [-0.39, 0.29) is 18.1 Å². The SMILES string of the molecule is CC(=O)CCCCCCCCN1CCN(CC#Cc2ccc(OCCCc3sc(N4CCCc5c4nnc(Nc4nc6ccccc6s4)c5C)nc3C(=O)O)c(F)c2)CC1. The van der Waals surface area contributed by atoms with Crippen LogP contribution in [0.15, 0.2) is 42.5 Å². The van der Waals surface area contributed by atoms with Crippen molar-refractivity contribution in [3.63, 3.8) is 0 Å². The lowest BCUT2D eigenvalue weighted by Crippen LogP contribution is -2.46. The first-order chi connectivity index (χ1) is 29.2. The van der Waals surface area contributed by atoms with Crippen LogP contribution in [0.4, 0.5) is 26.3 Å². The summed E-state index contributed by atoms with van der Waals surface area (Å²) in [4.78, 5) is 40.0. The molecule has 2 N–H and O–H groups in total. The summed E-state index contributed by atoms with van der Waals surface area (Å²) in [5.41, 5.74) is 3.55. The molecule has 5 aromatic rings. The standard InChI is InChI=1S/C45H53FN8O4S2/c1-31(55)14-7-5-3-4-6-10-22-52-25-27-53(28-26-52)23-11-15-33-20-21-37(35(46)30-33)58-29-13-19-39-40(43(56)57)48-45(60-39)54-24-12-16-34-32(2)41(50-51-42(34)54)49-44-47-36-17-8-9-18-38(36)59-44/h8-9,17-18,20-21,30H,3-7,10,12-14,16,19,22-29H2,1-2H3,(H,56,57)(H,47,49,50). The van der Waals surface area contributed by atoms with Gasteiger partial charge < -0.3 is 29.8 Å². The zero-order valence-electron chi connectivity index (χ0n) is 34.5. The molecule has 0 aliphatic carbocycles. The third-order valence-corrected chi connectivity index (χ3v) is 13.1. The number of aromatic carboxylic acids is 1. The minimum Gasteiger partial charge on any atom is -0.491 e. The number of unbranched alkanes of at least 4 members (excludes halogenated alkanes) is 5. The highest BCUT2D eigenvalue weighted by atomic mass is 32.1. The van der Waals surface area contributed by atoms with Crippen molar-refractivity contribution in [2.45, 2.75) is 84.5 Å². The average molecular weight is 853 g/mol. The van der Waals surface area contributed by atoms with E-state index in [0.29, 0.717) is 65.3 Å². The Kier molecular flexibility index (Phi) is 15.1. The number of anilines is 4. The van der Waals surface area contributed by atoms with Crippen LogP contribution in [0.2, 0.25) is 0 Å². The van der Waals surface area contributed by atoms with Gasteiger partial charge in [0.15, 0.2) is 39.2 Å². The van der Waals surface area contributed by atoms with Crippen molar-refractivity contribution in [2.75, 3.05) is 62.6 Å². The fraction of sp³-hybridized carbons (Fsp3) is 0.467. The number of nitrogens with one attached hydrogen (secondary N) is 1. The number of piperazine rings is 1. The molecule has 1 saturated heterocycles. The van der Waals surface area contributed by atoms with Gasteiger partial charge in [-0.3, -0.25) is 4.90 Å². The molecule has 12 nitrogen and oxygen atoms in total. The van der Waals surface area contributed by atoms with Crippen LogP contribution in [-0.4, -0.2) is 99.2 Å². The van der Waals surface area contributed by atoms with Crippen LogP contribution in [0.1, 0.15) is 96.8 Å². The van der Waals surface area contributed by atoms with Crippen molar-refractivity contribution in [1.82, 2.24) is 30.0 Å². The molecule has 0 unspecified atom stereocenters. The number of fused-ring (bicyclic) bond motifs is 2. The lowest BCUT2D eigenvalue weighted by molar-refractivity contribution is -0.117. The third kappa shape index (κ3) is 11.4. The number of halogens is 1. The molecule has 0 atom stereocenters. The van der Waals surface area contributed by atoms with E-state index in [1.54, 1.807) is 30.4 Å². The molecule has 0 saturated carbocycles. The van der Waals surface area contributed by atoms with E-state index in [1.165, 1.54) is 43.1 Å². The van der Waals surface area contributed by atoms with Crippen LogP contribution in [0.5, 0.6) is 5.75 Å². The van der Waals surface area contributed by atoms with E-state index >= 15 is 4.39 Å². The Morgan fingerprint density at radius 3 is 2.50 bits per heavy atom. The molecule has 15 heteroatoms. The van der Waals surface area contributed by atoms with Crippen molar-refractivity contribution in [3.8, 4) is 17.6 Å². The number of benzene rings is 2. The molecule has 2 aromatic carbocycles. The number of Topliss-reactive ketones (excluding diaryl/α,β-unsaturated/α-hetero) is 1. The van der Waals surface area contributed by atoms with Crippen molar-refractivity contribution in [3.05, 3.63) is 75.5 Å². The van der Waals surface area contributed by atoms with Crippen LogP contribution in [0.25, 0.3) is 10.2 Å². The van der Waals surface area contributed by atoms with Gasteiger partial charge in [0, 0.05) is 60.7 Å². The van der Waals surface area contributed by atoms with Gasteiger partial charge in [-0.1, -0.05) is 61.0 Å². The Bertz CT molecular complexity index is 2300. The number of carbonyl (C=O) groups excluding carboxylic acids is 1. The Balaban J connectivity index is 0.857. The molecule has 2 aliphatic rings. The summed E-state index contributed by atoms with van der Waals surface area (Å²) in [6, 6.07) is 12.8. The Morgan fingerprint density at radius 1 is 0.933 bits per heavy atom. The minimum absolute atomic E-state index is 0.0116. The smallest absolute Gasteiger partial charge is 0.355 e. The van der Waals surface area contributed by atoms with Crippen molar-refractivity contribution in [2.24, 2.45) is 0 Å². The highest BCUT2D eigenvalue weighted by Crippen LogP contribution is 2.39. The first kappa shape index (κ1) is 43.1. The van der Waals surface area contributed by atoms with Gasteiger partial charge in [0.1, 0.15) is 5.78 Å². The van der Waals surface area contributed by atoms with E-state index in [2.05, 4.69) is 47.1 Å². The number of hydrogen-bond donors (Lipinski definition) is 2. The van der Waals surface area contributed by atoms with Gasteiger partial charge in [-0.15, -0.1) is 21.5 Å². The number of ketones is 1. The number of para-hydroxylation sites is 1. The number of carboxylic acid groups (broad SMARTS) is 1. The fourth-order valence-corrected chi connectivity index (χ4v) is 9.64. The maximum absolute atomic E-state index is 15.0. The first-order valence-electron chi connectivity index (χ1n) is 21.1. The Hall–Kier alpha value is -5.01. The predicted octanol–water partition coefficient (Wildman–Crippen LogP) is 8.82. The topological polar surface area (TPSA) is 137 Å². The number of aryl methyl sites for hydroxylation is 1. The van der Waals surface area contributed by atoms with Crippen molar-refractivity contribution < 1.29 is 23.8 Å². The molecule has 7 rings (SSSR count). The van der Waals surface area contributed by atoms with Crippen LogP contribution >= 0.6 is 22.7 Å². The number of carbonyl (C=O) groups is 2. The molecule has 1 fully saturated rings. The lowest BCUT2D eigenvalue weighted by atomic mass is 10.0. The number of carboxylic acids is 1. The van der Waals surface area contributed by atoms with Gasteiger partial charge in [0.25, 0.3) is 0 Å². The minimum atomic E-state index is -1.09. The van der Waals surface area contributed by atoms with E-state index in [9.17, 15) is 14.7 Å². The molecule has 60 heavy (non-hydrogen) atoms. The summed E-state index contributed by atoms with van der Waals surface area (Å²) < 4.78 is 21.9. The van der Waals surface area contributed by atoms with E-state index in [4.69, 9.17) is 4.74 Å². The van der Waals surface area contributed by atoms with E-state index in [1.807, 2.05) is 36.1 Å². The number of nitrogens with zero attached hydrogens (tertiary/aromatic N) is 7. The van der Waals surface area contributed by atoms with Gasteiger partial charge in [-0.2, -0.15) is 0 Å². The quantitative estimate of drug-likeness (QED) is 0.0607. The summed E-state index contributed by atoms with van der Waals surface area (Å²) in [7, 11) is 0. The highest BCUT2D eigenvalue weighted by molar-refractivity contribution is 7.22. The number of rotatable bonds is 19. The van der Waals surface area contributed by atoms with Gasteiger partial charge >= 0.3 is 5.97 Å². The summed E-state index contributed by atoms with van der Waals surface area (Å²) in [5, 5.41) is 23.8. The largest absolute Gasteiger partial charge is 0.491 e. The molecule has 0 amide bonds. The van der Waals surface area contributed by atoms with Crippen LogP contribution < -0.4 is 15.0 Å². The third-order valence-electron chi connectivity index (χ3n) is 11.0. The zero-order chi connectivity index (χ0) is 41.8. The molecule has 3 aromatic heterocycles. The first-order valence-corrected chi connectivity index (χ1v) is 22.7.